The fourth-order valence-corrected chi connectivity index (χ4v) is 9.51. The minimum absolute atomic E-state index is 0.119. The van der Waals surface area contributed by atoms with Crippen LogP contribution in [0.15, 0.2) is 146 Å². The van der Waals surface area contributed by atoms with E-state index in [9.17, 15) is 5.11 Å². The Hall–Kier alpha value is -5.25. The third-order valence-corrected chi connectivity index (χ3v) is 11.5. The van der Waals surface area contributed by atoms with Gasteiger partial charge in [-0.05, 0) is 89.8 Å². The van der Waals surface area contributed by atoms with E-state index in [1.54, 1.807) is 19.2 Å². The molecule has 6 heteroatoms. The monoisotopic (exact) mass is 610 g/mol. The highest BCUT2D eigenvalue weighted by atomic mass is 31.2. The number of ether oxygens (including phenoxy) is 2. The highest BCUT2D eigenvalue weighted by Crippen LogP contribution is 2.71. The average Bonchev–Trinajstić information content (AvgIpc) is 3.08. The minimum atomic E-state index is -3.90. The number of methoxy groups -OCH3 is 1. The molecule has 0 radical (unpaired) electrons. The van der Waals surface area contributed by atoms with Gasteiger partial charge in [-0.1, -0.05) is 90.5 Å². The molecule has 7 rings (SSSR count). The molecule has 0 amide bonds. The summed E-state index contributed by atoms with van der Waals surface area (Å²) in [4.78, 5) is 0. The second-order valence-electron chi connectivity index (χ2n) is 11.1. The predicted molar refractivity (Wildman–Crippen MR) is 178 cm³/mol. The molecule has 0 fully saturated rings. The lowest BCUT2D eigenvalue weighted by Crippen LogP contribution is -2.37. The number of aromatic hydroxyl groups is 1. The van der Waals surface area contributed by atoms with E-state index in [1.807, 2.05) is 140 Å². The molecule has 5 nitrogen and oxygen atoms in total. The van der Waals surface area contributed by atoms with Crippen molar-refractivity contribution in [3.8, 4) is 39.9 Å². The van der Waals surface area contributed by atoms with Crippen LogP contribution in [-0.4, -0.2) is 12.2 Å². The Morgan fingerprint density at radius 3 is 1.71 bits per heavy atom. The van der Waals surface area contributed by atoms with E-state index in [2.05, 4.69) is 0 Å². The van der Waals surface area contributed by atoms with Crippen molar-refractivity contribution < 1.29 is 23.7 Å². The van der Waals surface area contributed by atoms with Crippen molar-refractivity contribution in [3.05, 3.63) is 168 Å². The zero-order valence-corrected chi connectivity index (χ0v) is 25.8. The second kappa shape index (κ2) is 11.4. The van der Waals surface area contributed by atoms with Crippen molar-refractivity contribution in [2.75, 3.05) is 7.11 Å². The number of hydrogen-bond acceptors (Lipinski definition) is 5. The van der Waals surface area contributed by atoms with Gasteiger partial charge in [-0.3, -0.25) is 4.57 Å². The molecular formula is C39H31O5P. The number of benzene rings is 6. The Bertz CT molecular complexity index is 1970. The van der Waals surface area contributed by atoms with Gasteiger partial charge in [-0.15, -0.1) is 0 Å². The SMILES string of the molecule is COc1ccc(Oc2ccc(C(c3ccc(C)cc3)(c3ccc(O)cc3)P3(=O)Oc4ccccc4-c4ccccc43)cc2)cc1. The van der Waals surface area contributed by atoms with E-state index in [0.717, 1.165) is 39.1 Å². The van der Waals surface area contributed by atoms with Gasteiger partial charge >= 0.3 is 0 Å². The number of aryl methyl sites for hydroxylation is 1. The summed E-state index contributed by atoms with van der Waals surface area (Å²) in [6, 6.07) is 45.6. The number of para-hydroxylation sites is 1. The van der Waals surface area contributed by atoms with Gasteiger partial charge in [0, 0.05) is 5.56 Å². The summed E-state index contributed by atoms with van der Waals surface area (Å²) < 4.78 is 34.6. The minimum Gasteiger partial charge on any atom is -0.508 e. The van der Waals surface area contributed by atoms with E-state index >= 15 is 4.57 Å². The van der Waals surface area contributed by atoms with Crippen LogP contribution in [0.5, 0.6) is 28.7 Å². The third kappa shape index (κ3) is 4.77. The smallest absolute Gasteiger partial charge is 0.296 e. The van der Waals surface area contributed by atoms with Crippen molar-refractivity contribution in [3.63, 3.8) is 0 Å². The molecule has 0 saturated heterocycles. The van der Waals surface area contributed by atoms with Crippen LogP contribution in [-0.2, 0) is 9.72 Å². The van der Waals surface area contributed by atoms with Gasteiger partial charge < -0.3 is 19.1 Å². The maximum atomic E-state index is 16.3. The highest BCUT2D eigenvalue weighted by molar-refractivity contribution is 7.69. The first-order valence-corrected chi connectivity index (χ1v) is 16.3. The highest BCUT2D eigenvalue weighted by Gasteiger charge is 2.57. The summed E-state index contributed by atoms with van der Waals surface area (Å²) in [5.41, 5.74) is 5.14. The van der Waals surface area contributed by atoms with E-state index < -0.39 is 12.5 Å². The fourth-order valence-electron chi connectivity index (χ4n) is 6.21. The molecular weight excluding hydrogens is 579 g/mol. The van der Waals surface area contributed by atoms with Gasteiger partial charge in [0.1, 0.15) is 33.9 Å². The molecule has 1 aliphatic rings. The number of phenolic OH excluding ortho intramolecular Hbond substituents is 1. The molecule has 6 aromatic carbocycles. The summed E-state index contributed by atoms with van der Waals surface area (Å²) in [7, 11) is -2.27. The van der Waals surface area contributed by atoms with E-state index in [4.69, 9.17) is 14.0 Å². The topological polar surface area (TPSA) is 65.0 Å². The van der Waals surface area contributed by atoms with Crippen molar-refractivity contribution in [1.82, 2.24) is 0 Å². The first-order valence-electron chi connectivity index (χ1n) is 14.7. The molecule has 222 valence electrons. The van der Waals surface area contributed by atoms with Gasteiger partial charge in [0.15, 0.2) is 0 Å². The Morgan fingerprint density at radius 2 is 1.09 bits per heavy atom. The van der Waals surface area contributed by atoms with E-state index in [1.165, 1.54) is 0 Å². The van der Waals surface area contributed by atoms with Gasteiger partial charge in [0.2, 0.25) is 0 Å². The van der Waals surface area contributed by atoms with Crippen LogP contribution in [0.2, 0.25) is 0 Å². The number of rotatable bonds is 7. The van der Waals surface area contributed by atoms with Crippen molar-refractivity contribution >= 4 is 12.7 Å². The molecule has 0 saturated carbocycles. The summed E-state index contributed by atoms with van der Waals surface area (Å²) in [5.74, 6) is 2.72. The second-order valence-corrected chi connectivity index (χ2v) is 13.5. The summed E-state index contributed by atoms with van der Waals surface area (Å²) in [6.07, 6.45) is 0. The lowest BCUT2D eigenvalue weighted by atomic mass is 9.83. The average molecular weight is 611 g/mol. The van der Waals surface area contributed by atoms with Gasteiger partial charge in [-0.2, -0.15) is 0 Å². The summed E-state index contributed by atoms with van der Waals surface area (Å²) >= 11 is 0. The number of fused-ring (bicyclic) bond motifs is 3. The van der Waals surface area contributed by atoms with E-state index in [0.29, 0.717) is 22.6 Å². The van der Waals surface area contributed by atoms with Crippen LogP contribution in [0.4, 0.5) is 0 Å². The summed E-state index contributed by atoms with van der Waals surface area (Å²) in [5, 5.41) is 9.69. The molecule has 0 aromatic heterocycles. The van der Waals surface area contributed by atoms with Crippen LogP contribution in [0.25, 0.3) is 11.1 Å². The maximum absolute atomic E-state index is 16.3. The Kier molecular flexibility index (Phi) is 7.19. The van der Waals surface area contributed by atoms with Crippen molar-refractivity contribution in [2.45, 2.75) is 12.1 Å². The molecule has 2 atom stereocenters. The lowest BCUT2D eigenvalue weighted by Gasteiger charge is -2.44. The Morgan fingerprint density at radius 1 is 0.600 bits per heavy atom. The maximum Gasteiger partial charge on any atom is 0.296 e. The number of hydrogen-bond donors (Lipinski definition) is 1. The zero-order valence-electron chi connectivity index (χ0n) is 24.9. The predicted octanol–water partition coefficient (Wildman–Crippen LogP) is 9.46. The molecule has 1 N–H and O–H groups in total. The molecule has 1 heterocycles. The van der Waals surface area contributed by atoms with E-state index in [-0.39, 0.29) is 5.75 Å². The first-order chi connectivity index (χ1) is 21.9. The molecule has 45 heavy (non-hydrogen) atoms. The van der Waals surface area contributed by atoms with Crippen LogP contribution < -0.4 is 19.3 Å². The van der Waals surface area contributed by atoms with Gasteiger partial charge in [0.05, 0.1) is 12.4 Å². The lowest BCUT2D eigenvalue weighted by molar-refractivity contribution is 0.413. The van der Waals surface area contributed by atoms with Crippen LogP contribution in [0.3, 0.4) is 0 Å². The zero-order chi connectivity index (χ0) is 31.0. The third-order valence-electron chi connectivity index (χ3n) is 8.39. The van der Waals surface area contributed by atoms with Crippen LogP contribution in [0, 0.1) is 6.92 Å². The fraction of sp³-hybridized carbons (Fsp3) is 0.0769. The van der Waals surface area contributed by atoms with Crippen LogP contribution >= 0.6 is 7.37 Å². The van der Waals surface area contributed by atoms with Crippen molar-refractivity contribution in [1.29, 1.82) is 0 Å². The van der Waals surface area contributed by atoms with Crippen LogP contribution in [0.1, 0.15) is 22.3 Å². The molecule has 0 aliphatic carbocycles. The first kappa shape index (κ1) is 28.5. The molecule has 2 unspecified atom stereocenters. The summed E-state index contributed by atoms with van der Waals surface area (Å²) in [6.45, 7) is 2.03. The Labute approximate surface area is 262 Å². The van der Waals surface area contributed by atoms with Crippen molar-refractivity contribution in [2.24, 2.45) is 0 Å². The molecule has 0 bridgehead atoms. The van der Waals surface area contributed by atoms with Gasteiger partial charge in [-0.25, -0.2) is 0 Å². The Balaban J connectivity index is 1.49. The number of phenols is 1. The molecule has 6 aromatic rings. The quantitative estimate of drug-likeness (QED) is 0.144. The largest absolute Gasteiger partial charge is 0.508 e. The van der Waals surface area contributed by atoms with Gasteiger partial charge in [0.25, 0.3) is 7.37 Å². The standard InChI is InChI=1S/C39H31O5P/c1-27-11-13-28(14-12-27)39(29-15-19-31(40)20-16-29,30-17-21-33(22-18-30)43-34-25-23-32(42-2)24-26-34)45(41)38-10-6-4-8-36(38)35-7-3-5-9-37(35)44-45/h3-26,40H,1-2H3. The normalized spacial score (nSPS) is 16.4. The molecule has 1 aliphatic heterocycles. The molecule has 0 spiro atoms.